The quantitative estimate of drug-likeness (QED) is 0.289. The van der Waals surface area contributed by atoms with Crippen molar-refractivity contribution in [3.05, 3.63) is 54.4 Å². The summed E-state index contributed by atoms with van der Waals surface area (Å²) in [6.07, 6.45) is 3.74. The Morgan fingerprint density at radius 3 is 2.53 bits per heavy atom. The molecule has 2 saturated heterocycles. The molecule has 2 atom stereocenters. The van der Waals surface area contributed by atoms with Crippen LogP contribution in [0, 0.1) is 0 Å². The molecular formula is C29H32N6O2S. The Morgan fingerprint density at radius 2 is 1.84 bits per heavy atom. The number of imidazole rings is 1. The average Bonchev–Trinajstić information content (AvgIpc) is 3.72. The van der Waals surface area contributed by atoms with Gasteiger partial charge in [0.05, 0.1) is 23.9 Å². The minimum atomic E-state index is -0.0652. The third-order valence-electron chi connectivity index (χ3n) is 7.80. The molecule has 0 saturated carbocycles. The highest BCUT2D eigenvalue weighted by molar-refractivity contribution is 7.23. The highest BCUT2D eigenvalue weighted by atomic mass is 32.1. The van der Waals surface area contributed by atoms with E-state index >= 15 is 0 Å². The van der Waals surface area contributed by atoms with Crippen molar-refractivity contribution in [2.24, 2.45) is 0 Å². The number of morpholine rings is 1. The lowest BCUT2D eigenvalue weighted by Crippen LogP contribution is -2.41. The molecule has 6 heterocycles. The van der Waals surface area contributed by atoms with Crippen LogP contribution in [-0.2, 0) is 10.2 Å². The first-order chi connectivity index (χ1) is 18.3. The normalized spacial score (nSPS) is 19.8. The molecule has 0 spiro atoms. The molecule has 8 nitrogen and oxygen atoms in total. The van der Waals surface area contributed by atoms with Gasteiger partial charge in [-0.15, -0.1) is 0 Å². The monoisotopic (exact) mass is 528 g/mol. The zero-order valence-corrected chi connectivity index (χ0v) is 23.0. The molecule has 7 rings (SSSR count). The Bertz CT molecular complexity index is 1610. The summed E-state index contributed by atoms with van der Waals surface area (Å²) in [6, 6.07) is 15.3. The Kier molecular flexibility index (Phi) is 5.58. The first-order valence-electron chi connectivity index (χ1n) is 13.3. The lowest BCUT2D eigenvalue weighted by molar-refractivity contribution is 0.0319. The maximum absolute atomic E-state index is 5.73. The Hall–Kier alpha value is -3.27. The van der Waals surface area contributed by atoms with Crippen LogP contribution < -0.4 is 4.90 Å². The number of rotatable bonds is 6. The summed E-state index contributed by atoms with van der Waals surface area (Å²) < 4.78 is 13.4. The Morgan fingerprint density at radius 1 is 1.05 bits per heavy atom. The van der Waals surface area contributed by atoms with Gasteiger partial charge in [-0.2, -0.15) is 0 Å². The standard InChI is InChI=1S/C29H32N6O2S/c1-29(2,3)25-14-22(32-37-25)18-5-7-19(8-6-18)23-16-35-24-9-10-26(31-27(24)38-28(35)30-23)33(4)11-12-34-15-21-13-20(34)17-36-21/h5-10,14,16,20-21H,11-13,15,17H2,1-4H3/t20-,21-/m0/s1. The summed E-state index contributed by atoms with van der Waals surface area (Å²) >= 11 is 1.63. The zero-order valence-electron chi connectivity index (χ0n) is 22.2. The molecule has 4 aromatic heterocycles. The summed E-state index contributed by atoms with van der Waals surface area (Å²) in [5.41, 5.74) is 4.93. The number of nitrogens with zero attached hydrogens (tertiary/aromatic N) is 6. The van der Waals surface area contributed by atoms with Gasteiger partial charge in [0.25, 0.3) is 0 Å². The molecular weight excluding hydrogens is 496 g/mol. The van der Waals surface area contributed by atoms with Crippen molar-refractivity contribution >= 4 is 32.5 Å². The molecule has 2 aliphatic rings. The number of ether oxygens (including phenoxy) is 1. The fourth-order valence-electron chi connectivity index (χ4n) is 5.45. The number of benzene rings is 1. The second kappa shape index (κ2) is 8.90. The van der Waals surface area contributed by atoms with E-state index in [1.807, 2.05) is 6.07 Å². The van der Waals surface area contributed by atoms with Crippen LogP contribution in [0.4, 0.5) is 5.82 Å². The number of anilines is 1. The molecule has 0 N–H and O–H groups in total. The van der Waals surface area contributed by atoms with Crippen LogP contribution in [-0.4, -0.2) is 69.9 Å². The third-order valence-corrected chi connectivity index (χ3v) is 8.76. The second-order valence-corrected chi connectivity index (χ2v) is 12.5. The van der Waals surface area contributed by atoms with Gasteiger partial charge in [0.2, 0.25) is 0 Å². The average molecular weight is 529 g/mol. The maximum Gasteiger partial charge on any atom is 0.196 e. The van der Waals surface area contributed by atoms with E-state index in [2.05, 4.69) is 89.8 Å². The zero-order chi connectivity index (χ0) is 26.0. The first kappa shape index (κ1) is 23.8. The summed E-state index contributed by atoms with van der Waals surface area (Å²) in [5, 5.41) is 4.26. The Labute approximate surface area is 225 Å². The lowest BCUT2D eigenvalue weighted by Gasteiger charge is -2.29. The first-order valence-corrected chi connectivity index (χ1v) is 14.1. The van der Waals surface area contributed by atoms with Gasteiger partial charge in [0, 0.05) is 61.5 Å². The number of hydrogen-bond acceptors (Lipinski definition) is 8. The number of thiazole rings is 1. The van der Waals surface area contributed by atoms with Gasteiger partial charge in [0.1, 0.15) is 22.1 Å². The minimum Gasteiger partial charge on any atom is -0.375 e. The van der Waals surface area contributed by atoms with E-state index in [9.17, 15) is 0 Å². The predicted molar refractivity (Wildman–Crippen MR) is 151 cm³/mol. The van der Waals surface area contributed by atoms with Crippen LogP contribution in [0.2, 0.25) is 0 Å². The van der Waals surface area contributed by atoms with Crippen molar-refractivity contribution in [1.29, 1.82) is 0 Å². The van der Waals surface area contributed by atoms with Crippen molar-refractivity contribution in [1.82, 2.24) is 24.4 Å². The predicted octanol–water partition coefficient (Wildman–Crippen LogP) is 5.47. The van der Waals surface area contributed by atoms with Gasteiger partial charge in [-0.1, -0.05) is 61.5 Å². The number of pyridine rings is 1. The minimum absolute atomic E-state index is 0.0652. The molecule has 2 aliphatic heterocycles. The number of likely N-dealkylation sites (N-methyl/N-ethyl adjacent to an activating group) is 1. The van der Waals surface area contributed by atoms with E-state index in [0.29, 0.717) is 12.1 Å². The largest absolute Gasteiger partial charge is 0.375 e. The summed E-state index contributed by atoms with van der Waals surface area (Å²) in [6.45, 7) is 10.3. The Balaban J connectivity index is 1.08. The van der Waals surface area contributed by atoms with Gasteiger partial charge in [-0.25, -0.2) is 9.97 Å². The van der Waals surface area contributed by atoms with Crippen LogP contribution in [0.25, 0.3) is 37.8 Å². The van der Waals surface area contributed by atoms with Crippen LogP contribution in [0.5, 0.6) is 0 Å². The molecule has 5 aromatic rings. The molecule has 0 amide bonds. The molecule has 2 bridgehead atoms. The van der Waals surface area contributed by atoms with Crippen molar-refractivity contribution < 1.29 is 9.26 Å². The molecule has 196 valence electrons. The van der Waals surface area contributed by atoms with Crippen LogP contribution in [0.15, 0.2) is 53.2 Å². The fraction of sp³-hybridized carbons (Fsp3) is 0.414. The van der Waals surface area contributed by atoms with E-state index in [1.165, 1.54) is 6.42 Å². The SMILES string of the molecule is CN(CCN1C[C@@H]2C[C@H]1CO2)c1ccc2c(n1)sc1nc(-c3ccc(-c4cc(C(C)(C)C)on4)cc3)cn12. The van der Waals surface area contributed by atoms with Gasteiger partial charge >= 0.3 is 0 Å². The summed E-state index contributed by atoms with van der Waals surface area (Å²) in [5.74, 6) is 1.88. The fourth-order valence-corrected chi connectivity index (χ4v) is 6.43. The number of fused-ring (bicyclic) bond motifs is 5. The van der Waals surface area contributed by atoms with Gasteiger partial charge in [0.15, 0.2) is 4.96 Å². The molecule has 0 radical (unpaired) electrons. The topological polar surface area (TPSA) is 71.9 Å². The molecule has 0 aliphatic carbocycles. The molecule has 2 fully saturated rings. The number of likely N-dealkylation sites (tertiary alicyclic amines) is 1. The molecule has 0 unspecified atom stereocenters. The van der Waals surface area contributed by atoms with Crippen molar-refractivity contribution in [3.63, 3.8) is 0 Å². The van der Waals surface area contributed by atoms with E-state index in [4.69, 9.17) is 19.2 Å². The summed E-state index contributed by atoms with van der Waals surface area (Å²) in [4.78, 5) is 16.7. The summed E-state index contributed by atoms with van der Waals surface area (Å²) in [7, 11) is 2.13. The highest BCUT2D eigenvalue weighted by Crippen LogP contribution is 2.32. The second-order valence-electron chi connectivity index (χ2n) is 11.5. The molecule has 1 aromatic carbocycles. The van der Waals surface area contributed by atoms with Gasteiger partial charge in [-0.3, -0.25) is 9.30 Å². The van der Waals surface area contributed by atoms with E-state index in [0.717, 1.165) is 75.6 Å². The number of hydrogen-bond donors (Lipinski definition) is 0. The van der Waals surface area contributed by atoms with Gasteiger partial charge in [-0.05, 0) is 18.6 Å². The van der Waals surface area contributed by atoms with Crippen molar-refractivity contribution in [2.45, 2.75) is 44.8 Å². The van der Waals surface area contributed by atoms with E-state index in [1.54, 1.807) is 11.3 Å². The van der Waals surface area contributed by atoms with E-state index < -0.39 is 0 Å². The van der Waals surface area contributed by atoms with Crippen molar-refractivity contribution in [2.75, 3.05) is 38.2 Å². The molecule has 38 heavy (non-hydrogen) atoms. The van der Waals surface area contributed by atoms with Crippen LogP contribution in [0.1, 0.15) is 33.0 Å². The third kappa shape index (κ3) is 4.19. The van der Waals surface area contributed by atoms with Crippen molar-refractivity contribution in [3.8, 4) is 22.5 Å². The molecule has 9 heteroatoms. The van der Waals surface area contributed by atoms with Gasteiger partial charge < -0.3 is 14.2 Å². The van der Waals surface area contributed by atoms with Crippen LogP contribution in [0.3, 0.4) is 0 Å². The lowest BCUT2D eigenvalue weighted by atomic mass is 9.93. The maximum atomic E-state index is 5.73. The van der Waals surface area contributed by atoms with Crippen LogP contribution >= 0.6 is 11.3 Å². The number of aromatic nitrogens is 4. The highest BCUT2D eigenvalue weighted by Gasteiger charge is 2.38. The van der Waals surface area contributed by atoms with E-state index in [-0.39, 0.29) is 5.41 Å². The smallest absolute Gasteiger partial charge is 0.196 e.